The summed E-state index contributed by atoms with van der Waals surface area (Å²) in [6.07, 6.45) is -3.76. The molecule has 1 aliphatic rings. The summed E-state index contributed by atoms with van der Waals surface area (Å²) in [5, 5.41) is 26.6. The van der Waals surface area contributed by atoms with Crippen LogP contribution in [0.5, 0.6) is 0 Å². The summed E-state index contributed by atoms with van der Waals surface area (Å²) in [6.45, 7) is -0.595. The molecule has 7 N–H and O–H groups in total. The molecule has 0 aromatic carbocycles. The molecule has 3 rings (SSSR count). The number of H-pyrrole nitrogens is 1. The van der Waals surface area contributed by atoms with E-state index in [1.165, 1.54) is 6.33 Å². The van der Waals surface area contributed by atoms with E-state index in [1.54, 1.807) is 0 Å². The first kappa shape index (κ1) is 16.2. The molecule has 0 amide bonds. The number of phosphoric acid groups is 1. The molecule has 12 nitrogen and oxygen atoms in total. The Balaban J connectivity index is 1.85. The number of aliphatic hydroxyl groups is 2. The molecule has 23 heavy (non-hydrogen) atoms. The molecule has 3 heterocycles. The van der Waals surface area contributed by atoms with Gasteiger partial charge in [-0.25, -0.2) is 14.5 Å². The number of fused-ring (bicyclic) bond motifs is 1. The van der Waals surface area contributed by atoms with Crippen molar-refractivity contribution in [1.29, 1.82) is 0 Å². The monoisotopic (exact) mass is 347 g/mol. The first-order valence-corrected chi connectivity index (χ1v) is 7.97. The average molecular weight is 347 g/mol. The number of hydrogen-bond acceptors (Lipinski definition) is 9. The molecule has 0 aliphatic carbocycles. The zero-order chi connectivity index (χ0) is 16.8. The number of anilines is 1. The van der Waals surface area contributed by atoms with Crippen molar-refractivity contribution in [3.05, 3.63) is 12.0 Å². The first-order valence-electron chi connectivity index (χ1n) is 6.44. The van der Waals surface area contributed by atoms with Gasteiger partial charge in [0.2, 0.25) is 0 Å². The van der Waals surface area contributed by atoms with E-state index in [0.717, 1.165) is 0 Å². The number of aromatic amines is 1. The lowest BCUT2D eigenvalue weighted by Crippen LogP contribution is -2.33. The Morgan fingerprint density at radius 1 is 1.30 bits per heavy atom. The average Bonchev–Trinajstić information content (AvgIpc) is 3.01. The van der Waals surface area contributed by atoms with E-state index in [4.69, 9.17) is 20.3 Å². The molecule has 0 saturated carbocycles. The van der Waals surface area contributed by atoms with E-state index in [-0.39, 0.29) is 17.0 Å². The Morgan fingerprint density at radius 3 is 2.74 bits per heavy atom. The summed E-state index contributed by atoms with van der Waals surface area (Å²) >= 11 is 0. The van der Waals surface area contributed by atoms with Crippen molar-refractivity contribution in [2.24, 2.45) is 0 Å². The van der Waals surface area contributed by atoms with Crippen molar-refractivity contribution in [3.63, 3.8) is 0 Å². The number of nitrogens with one attached hydrogen (secondary N) is 1. The van der Waals surface area contributed by atoms with Gasteiger partial charge in [0.1, 0.15) is 36.3 Å². The number of aromatic nitrogens is 4. The van der Waals surface area contributed by atoms with E-state index < -0.39 is 38.8 Å². The Labute approximate surface area is 128 Å². The van der Waals surface area contributed by atoms with Crippen LogP contribution in [0.2, 0.25) is 0 Å². The third-order valence-electron chi connectivity index (χ3n) is 3.45. The lowest BCUT2D eigenvalue weighted by molar-refractivity contribution is -0.0231. The number of nitrogens with two attached hydrogens (primary N) is 1. The van der Waals surface area contributed by atoms with Gasteiger partial charge in [-0.3, -0.25) is 9.62 Å². The van der Waals surface area contributed by atoms with Crippen LogP contribution in [-0.4, -0.2) is 65.1 Å². The minimum Gasteiger partial charge on any atom is -0.387 e. The summed E-state index contributed by atoms with van der Waals surface area (Å²) in [5.74, 6) is 0.131. The van der Waals surface area contributed by atoms with Crippen LogP contribution in [0, 0.1) is 0 Å². The topological polar surface area (TPSA) is 197 Å². The number of aliphatic hydroxyl groups excluding tert-OH is 2. The molecule has 0 radical (unpaired) electrons. The van der Waals surface area contributed by atoms with Gasteiger partial charge in [0.25, 0.3) is 0 Å². The highest BCUT2D eigenvalue weighted by molar-refractivity contribution is 7.46. The number of ether oxygens (including phenoxy) is 1. The molecule has 1 saturated heterocycles. The van der Waals surface area contributed by atoms with Gasteiger partial charge in [0, 0.05) is 0 Å². The van der Waals surface area contributed by atoms with Crippen molar-refractivity contribution in [2.75, 3.05) is 12.3 Å². The van der Waals surface area contributed by atoms with Crippen molar-refractivity contribution < 1.29 is 33.8 Å². The van der Waals surface area contributed by atoms with Crippen LogP contribution >= 0.6 is 7.82 Å². The van der Waals surface area contributed by atoms with Crippen molar-refractivity contribution >= 4 is 24.7 Å². The number of phosphoric ester groups is 1. The van der Waals surface area contributed by atoms with Gasteiger partial charge in [-0.05, 0) is 0 Å². The van der Waals surface area contributed by atoms with Crippen molar-refractivity contribution in [3.8, 4) is 0 Å². The zero-order valence-electron chi connectivity index (χ0n) is 11.5. The number of nitrogens with zero attached hydrogens (tertiary/aromatic N) is 3. The maximum atomic E-state index is 10.7. The molecule has 1 fully saturated rings. The number of rotatable bonds is 4. The molecule has 2 aromatic rings. The third kappa shape index (κ3) is 3.05. The van der Waals surface area contributed by atoms with Gasteiger partial charge in [0.15, 0.2) is 11.3 Å². The largest absolute Gasteiger partial charge is 0.469 e. The highest BCUT2D eigenvalue weighted by atomic mass is 31.2. The molecule has 1 aliphatic heterocycles. The number of hydrogen-bond donors (Lipinski definition) is 6. The van der Waals surface area contributed by atoms with Gasteiger partial charge in [-0.15, -0.1) is 0 Å². The molecule has 2 aromatic heterocycles. The van der Waals surface area contributed by atoms with Gasteiger partial charge in [-0.2, -0.15) is 5.10 Å². The second-order valence-corrected chi connectivity index (χ2v) is 6.20. The Morgan fingerprint density at radius 2 is 2.04 bits per heavy atom. The van der Waals surface area contributed by atoms with Crippen LogP contribution in [-0.2, 0) is 13.8 Å². The molecule has 4 unspecified atom stereocenters. The van der Waals surface area contributed by atoms with E-state index >= 15 is 0 Å². The summed E-state index contributed by atoms with van der Waals surface area (Å²) in [4.78, 5) is 25.2. The maximum Gasteiger partial charge on any atom is 0.469 e. The standard InChI is InChI=1S/C10H14N5O7P/c11-10-6-4(12-2-13-10)5(14-15-6)9-8(17)7(16)3(22-9)1-21-23(18,19)20/h2-3,7-9,16-17H,1H2,(H,14,15)(H2,11,12,13)(H2,18,19,20). The Hall–Kier alpha value is -1.66. The fraction of sp³-hybridized carbons (Fsp3) is 0.500. The minimum absolute atomic E-state index is 0.131. The molecular weight excluding hydrogens is 333 g/mol. The minimum atomic E-state index is -4.72. The fourth-order valence-electron chi connectivity index (χ4n) is 2.36. The normalized spacial score (nSPS) is 28.5. The van der Waals surface area contributed by atoms with E-state index in [1.807, 2.05) is 0 Å². The van der Waals surface area contributed by atoms with Gasteiger partial charge in [0.05, 0.1) is 12.3 Å². The second kappa shape index (κ2) is 5.76. The SMILES string of the molecule is Nc1ncnc2c(C3OC(COP(=O)(O)O)C(O)C3O)[nH]nc12. The summed E-state index contributed by atoms with van der Waals surface area (Å²) in [5.41, 5.74) is 6.51. The lowest BCUT2D eigenvalue weighted by Gasteiger charge is -2.14. The molecule has 13 heteroatoms. The molecule has 126 valence electrons. The maximum absolute atomic E-state index is 10.7. The van der Waals surface area contributed by atoms with Gasteiger partial charge >= 0.3 is 7.82 Å². The predicted octanol–water partition coefficient (Wildman–Crippen LogP) is -1.79. The van der Waals surface area contributed by atoms with E-state index in [2.05, 4.69) is 24.7 Å². The van der Waals surface area contributed by atoms with Gasteiger partial charge in [-0.1, -0.05) is 0 Å². The van der Waals surface area contributed by atoms with Crippen molar-refractivity contribution in [2.45, 2.75) is 24.4 Å². The van der Waals surface area contributed by atoms with Crippen LogP contribution in [0.15, 0.2) is 6.33 Å². The Bertz CT molecular complexity index is 763. The fourth-order valence-corrected chi connectivity index (χ4v) is 2.70. The first-order chi connectivity index (χ1) is 10.8. The van der Waals surface area contributed by atoms with Crippen LogP contribution in [0.3, 0.4) is 0 Å². The molecule has 0 spiro atoms. The summed E-state index contributed by atoms with van der Waals surface area (Å²) in [6, 6.07) is 0. The molecule has 4 atom stereocenters. The highest BCUT2D eigenvalue weighted by Crippen LogP contribution is 2.40. The Kier molecular flexibility index (Phi) is 4.06. The van der Waals surface area contributed by atoms with Gasteiger partial charge < -0.3 is 30.5 Å². The molecular formula is C10H14N5O7P. The molecule has 0 bridgehead atoms. The smallest absolute Gasteiger partial charge is 0.387 e. The second-order valence-electron chi connectivity index (χ2n) is 4.96. The predicted molar refractivity (Wildman–Crippen MR) is 73.7 cm³/mol. The van der Waals surface area contributed by atoms with Crippen LogP contribution < -0.4 is 5.73 Å². The zero-order valence-corrected chi connectivity index (χ0v) is 12.4. The van der Waals surface area contributed by atoms with Crippen LogP contribution in [0.25, 0.3) is 11.0 Å². The quantitative estimate of drug-likeness (QED) is 0.341. The van der Waals surface area contributed by atoms with Crippen molar-refractivity contribution in [1.82, 2.24) is 20.2 Å². The van der Waals surface area contributed by atoms with Crippen LogP contribution in [0.4, 0.5) is 5.82 Å². The third-order valence-corrected chi connectivity index (χ3v) is 3.93. The number of nitrogen functional groups attached to an aromatic ring is 1. The highest BCUT2D eigenvalue weighted by Gasteiger charge is 2.45. The van der Waals surface area contributed by atoms with E-state index in [0.29, 0.717) is 5.52 Å². The van der Waals surface area contributed by atoms with Crippen LogP contribution in [0.1, 0.15) is 11.8 Å². The van der Waals surface area contributed by atoms with E-state index in [9.17, 15) is 14.8 Å². The summed E-state index contributed by atoms with van der Waals surface area (Å²) < 4.78 is 20.5. The summed E-state index contributed by atoms with van der Waals surface area (Å²) in [7, 11) is -4.72. The lowest BCUT2D eigenvalue weighted by atomic mass is 10.1.